The largest absolute Gasteiger partial charge is 0.438 e. The van der Waals surface area contributed by atoms with E-state index in [1.54, 1.807) is 6.07 Å². The van der Waals surface area contributed by atoms with Crippen molar-refractivity contribution in [1.82, 2.24) is 0 Å². The zero-order chi connectivity index (χ0) is 9.97. The summed E-state index contributed by atoms with van der Waals surface area (Å²) in [4.78, 5) is 12.7. The summed E-state index contributed by atoms with van der Waals surface area (Å²) in [6.45, 7) is 3.23. The van der Waals surface area contributed by atoms with E-state index in [2.05, 4.69) is 11.8 Å². The Bertz CT molecular complexity index is 319. The molecular weight excluding hydrogens is 178 g/mol. The third kappa shape index (κ3) is 1.67. The SMILES string of the molecule is C[C@H]1CCCCN1c1ccc(C=O)o1. The van der Waals surface area contributed by atoms with Crippen molar-refractivity contribution < 1.29 is 9.21 Å². The van der Waals surface area contributed by atoms with Crippen LogP contribution in [0.2, 0.25) is 0 Å². The Morgan fingerprint density at radius 1 is 1.50 bits per heavy atom. The van der Waals surface area contributed by atoms with Crippen LogP contribution in [-0.4, -0.2) is 18.9 Å². The molecule has 1 saturated heterocycles. The fourth-order valence-corrected chi connectivity index (χ4v) is 1.99. The minimum absolute atomic E-state index is 0.415. The van der Waals surface area contributed by atoms with E-state index in [9.17, 15) is 4.79 Å². The predicted molar refractivity (Wildman–Crippen MR) is 54.8 cm³/mol. The van der Waals surface area contributed by atoms with Gasteiger partial charge in [-0.25, -0.2) is 0 Å². The first-order valence-corrected chi connectivity index (χ1v) is 5.13. The highest BCUT2D eigenvalue weighted by Gasteiger charge is 2.20. The molecule has 0 amide bonds. The van der Waals surface area contributed by atoms with Crippen LogP contribution in [0.4, 0.5) is 5.88 Å². The molecule has 0 spiro atoms. The number of hydrogen-bond acceptors (Lipinski definition) is 3. The van der Waals surface area contributed by atoms with Gasteiger partial charge in [0.15, 0.2) is 17.9 Å². The maximum absolute atomic E-state index is 10.5. The summed E-state index contributed by atoms with van der Waals surface area (Å²) < 4.78 is 5.40. The van der Waals surface area contributed by atoms with Crippen LogP contribution in [0.5, 0.6) is 0 Å². The number of aldehydes is 1. The maximum Gasteiger partial charge on any atom is 0.196 e. The summed E-state index contributed by atoms with van der Waals surface area (Å²) >= 11 is 0. The summed E-state index contributed by atoms with van der Waals surface area (Å²) in [6, 6.07) is 4.13. The first-order valence-electron chi connectivity index (χ1n) is 5.13. The zero-order valence-electron chi connectivity index (χ0n) is 8.40. The van der Waals surface area contributed by atoms with Crippen LogP contribution in [0.3, 0.4) is 0 Å². The standard InChI is InChI=1S/C11H15NO2/c1-9-4-2-3-7-12(9)11-6-5-10(8-13)14-11/h5-6,8-9H,2-4,7H2,1H3/t9-/m0/s1. The van der Waals surface area contributed by atoms with Crippen LogP contribution in [-0.2, 0) is 0 Å². The molecule has 0 unspecified atom stereocenters. The van der Waals surface area contributed by atoms with Crippen LogP contribution in [0, 0.1) is 0 Å². The summed E-state index contributed by atoms with van der Waals surface area (Å²) in [7, 11) is 0. The zero-order valence-corrected chi connectivity index (χ0v) is 8.40. The van der Waals surface area contributed by atoms with E-state index in [1.807, 2.05) is 6.07 Å². The van der Waals surface area contributed by atoms with Crippen molar-refractivity contribution in [2.75, 3.05) is 11.4 Å². The van der Waals surface area contributed by atoms with E-state index in [0.29, 0.717) is 11.8 Å². The van der Waals surface area contributed by atoms with Crippen molar-refractivity contribution in [1.29, 1.82) is 0 Å². The lowest BCUT2D eigenvalue weighted by molar-refractivity contribution is 0.110. The molecule has 1 aromatic heterocycles. The number of piperidine rings is 1. The average molecular weight is 193 g/mol. The molecule has 1 aromatic rings. The first kappa shape index (κ1) is 9.31. The molecule has 14 heavy (non-hydrogen) atoms. The third-order valence-corrected chi connectivity index (χ3v) is 2.81. The number of furan rings is 1. The van der Waals surface area contributed by atoms with Crippen molar-refractivity contribution in [3.8, 4) is 0 Å². The van der Waals surface area contributed by atoms with Crippen molar-refractivity contribution in [2.24, 2.45) is 0 Å². The minimum Gasteiger partial charge on any atom is -0.438 e. The highest BCUT2D eigenvalue weighted by atomic mass is 16.4. The molecule has 0 radical (unpaired) electrons. The van der Waals surface area contributed by atoms with Crippen molar-refractivity contribution in [2.45, 2.75) is 32.2 Å². The van der Waals surface area contributed by atoms with Gasteiger partial charge in [0.1, 0.15) is 0 Å². The highest BCUT2D eigenvalue weighted by molar-refractivity contribution is 5.71. The second-order valence-electron chi connectivity index (χ2n) is 3.83. The van der Waals surface area contributed by atoms with Gasteiger partial charge in [0.2, 0.25) is 0 Å². The van der Waals surface area contributed by atoms with E-state index in [0.717, 1.165) is 18.7 Å². The molecule has 1 atom stereocenters. The number of carbonyl (C=O) groups is 1. The molecule has 2 rings (SSSR count). The van der Waals surface area contributed by atoms with Gasteiger partial charge in [0, 0.05) is 18.7 Å². The van der Waals surface area contributed by atoms with Crippen LogP contribution in [0.1, 0.15) is 36.7 Å². The lowest BCUT2D eigenvalue weighted by atomic mass is 10.0. The molecule has 1 fully saturated rings. The third-order valence-electron chi connectivity index (χ3n) is 2.81. The van der Waals surface area contributed by atoms with Gasteiger partial charge in [-0.1, -0.05) is 0 Å². The Morgan fingerprint density at radius 2 is 2.36 bits per heavy atom. The Morgan fingerprint density at radius 3 is 3.00 bits per heavy atom. The van der Waals surface area contributed by atoms with Crippen molar-refractivity contribution in [3.05, 3.63) is 17.9 Å². The topological polar surface area (TPSA) is 33.5 Å². The average Bonchev–Trinajstić information content (AvgIpc) is 2.67. The molecular formula is C11H15NO2. The molecule has 0 saturated carbocycles. The first-order chi connectivity index (χ1) is 6.81. The van der Waals surface area contributed by atoms with Gasteiger partial charge in [-0.3, -0.25) is 4.79 Å². The lowest BCUT2D eigenvalue weighted by Gasteiger charge is -2.32. The smallest absolute Gasteiger partial charge is 0.196 e. The highest BCUT2D eigenvalue weighted by Crippen LogP contribution is 2.25. The summed E-state index contributed by atoms with van der Waals surface area (Å²) in [6.07, 6.45) is 4.45. The van der Waals surface area contributed by atoms with E-state index in [-0.39, 0.29) is 0 Å². The Kier molecular flexibility index (Phi) is 2.57. The molecule has 0 aromatic carbocycles. The maximum atomic E-state index is 10.5. The molecule has 0 aliphatic carbocycles. The number of carbonyl (C=O) groups excluding carboxylic acids is 1. The Labute approximate surface area is 83.7 Å². The van der Waals surface area contributed by atoms with Crippen LogP contribution >= 0.6 is 0 Å². The molecule has 3 heteroatoms. The second kappa shape index (κ2) is 3.86. The quantitative estimate of drug-likeness (QED) is 0.676. The number of nitrogens with zero attached hydrogens (tertiary/aromatic N) is 1. The van der Waals surface area contributed by atoms with Crippen molar-refractivity contribution >= 4 is 12.2 Å². The molecule has 2 heterocycles. The fraction of sp³-hybridized carbons (Fsp3) is 0.545. The Balaban J connectivity index is 2.16. The normalized spacial score (nSPS) is 22.4. The van der Waals surface area contributed by atoms with Crippen LogP contribution in [0.25, 0.3) is 0 Å². The fourth-order valence-electron chi connectivity index (χ4n) is 1.99. The molecule has 1 aliphatic heterocycles. The van der Waals surface area contributed by atoms with Crippen LogP contribution < -0.4 is 4.90 Å². The predicted octanol–water partition coefficient (Wildman–Crippen LogP) is 2.47. The van der Waals surface area contributed by atoms with E-state index in [1.165, 1.54) is 19.3 Å². The van der Waals surface area contributed by atoms with Gasteiger partial charge in [-0.2, -0.15) is 0 Å². The molecule has 1 aliphatic rings. The minimum atomic E-state index is 0.415. The number of hydrogen-bond donors (Lipinski definition) is 0. The monoisotopic (exact) mass is 193 g/mol. The summed E-state index contributed by atoms with van der Waals surface area (Å²) in [5, 5.41) is 0. The van der Waals surface area contributed by atoms with E-state index in [4.69, 9.17) is 4.42 Å². The van der Waals surface area contributed by atoms with E-state index < -0.39 is 0 Å². The second-order valence-corrected chi connectivity index (χ2v) is 3.83. The summed E-state index contributed by atoms with van der Waals surface area (Å²) in [5.41, 5.74) is 0. The van der Waals surface area contributed by atoms with Gasteiger partial charge in [-0.05, 0) is 32.3 Å². The van der Waals surface area contributed by atoms with Crippen LogP contribution in [0.15, 0.2) is 16.5 Å². The lowest BCUT2D eigenvalue weighted by Crippen LogP contribution is -2.37. The molecule has 0 bridgehead atoms. The summed E-state index contributed by atoms with van der Waals surface area (Å²) in [5.74, 6) is 1.25. The van der Waals surface area contributed by atoms with Crippen molar-refractivity contribution in [3.63, 3.8) is 0 Å². The van der Waals surface area contributed by atoms with Gasteiger partial charge >= 0.3 is 0 Å². The van der Waals surface area contributed by atoms with Gasteiger partial charge in [0.25, 0.3) is 0 Å². The molecule has 0 N–H and O–H groups in total. The van der Waals surface area contributed by atoms with Gasteiger partial charge in [-0.15, -0.1) is 0 Å². The Hall–Kier alpha value is -1.25. The molecule has 76 valence electrons. The van der Waals surface area contributed by atoms with E-state index >= 15 is 0 Å². The van der Waals surface area contributed by atoms with Gasteiger partial charge < -0.3 is 9.32 Å². The number of anilines is 1. The molecule has 3 nitrogen and oxygen atoms in total. The number of rotatable bonds is 2. The van der Waals surface area contributed by atoms with Gasteiger partial charge in [0.05, 0.1) is 0 Å².